The van der Waals surface area contributed by atoms with Crippen LogP contribution < -0.4 is 9.64 Å². The molecule has 0 amide bonds. The first kappa shape index (κ1) is 17.8. The van der Waals surface area contributed by atoms with E-state index in [2.05, 4.69) is 14.8 Å². The fourth-order valence-corrected chi connectivity index (χ4v) is 3.65. The van der Waals surface area contributed by atoms with Gasteiger partial charge < -0.3 is 14.7 Å². The predicted molar refractivity (Wildman–Crippen MR) is 98.7 cm³/mol. The lowest BCUT2D eigenvalue weighted by atomic mass is 10.2. The highest BCUT2D eigenvalue weighted by atomic mass is 35.5. The minimum Gasteiger partial charge on any atom is -0.489 e. The van der Waals surface area contributed by atoms with Crippen LogP contribution in [0.3, 0.4) is 0 Å². The second-order valence-corrected chi connectivity index (χ2v) is 7.36. The monoisotopic (exact) mass is 387 g/mol. The molecule has 0 radical (unpaired) electrons. The van der Waals surface area contributed by atoms with Crippen molar-refractivity contribution in [1.82, 2.24) is 9.88 Å². The Morgan fingerprint density at radius 2 is 2.04 bits per heavy atom. The maximum atomic E-state index is 10.2. The molecule has 8 heteroatoms. The van der Waals surface area contributed by atoms with Crippen molar-refractivity contribution in [2.24, 2.45) is 0 Å². The van der Waals surface area contributed by atoms with Crippen LogP contribution in [0.5, 0.6) is 5.75 Å². The summed E-state index contributed by atoms with van der Waals surface area (Å²) in [6.07, 6.45) is 1.25. The second kappa shape index (κ2) is 8.36. The van der Waals surface area contributed by atoms with Crippen molar-refractivity contribution in [3.8, 4) is 5.75 Å². The third-order valence-corrected chi connectivity index (χ3v) is 5.24. The van der Waals surface area contributed by atoms with Gasteiger partial charge in [0.2, 0.25) is 0 Å². The molecule has 2 aromatic rings. The Balaban J connectivity index is 1.43. The first-order valence-corrected chi connectivity index (χ1v) is 9.38. The number of piperazine rings is 1. The minimum atomic E-state index is -0.577. The summed E-state index contributed by atoms with van der Waals surface area (Å²) >= 11 is 13.6. The van der Waals surface area contributed by atoms with Crippen molar-refractivity contribution in [2.75, 3.05) is 44.2 Å². The summed E-state index contributed by atoms with van der Waals surface area (Å²) in [6.45, 7) is 4.39. The molecule has 3 rings (SSSR count). The number of aromatic nitrogens is 1. The molecule has 1 fully saturated rings. The SMILES string of the molecule is OC(COc1cc(Cl)ccc1Cl)CN1CCN(c2nccs2)CC1. The number of anilines is 1. The number of benzene rings is 1. The molecule has 0 bridgehead atoms. The lowest BCUT2D eigenvalue weighted by Crippen LogP contribution is -2.49. The Labute approximate surface area is 155 Å². The molecule has 1 atom stereocenters. The van der Waals surface area contributed by atoms with Crippen LogP contribution in [0.1, 0.15) is 0 Å². The number of hydrogen-bond acceptors (Lipinski definition) is 6. The van der Waals surface area contributed by atoms with Crippen molar-refractivity contribution in [3.05, 3.63) is 39.8 Å². The van der Waals surface area contributed by atoms with Crippen molar-refractivity contribution >= 4 is 39.7 Å². The van der Waals surface area contributed by atoms with Crippen molar-refractivity contribution in [3.63, 3.8) is 0 Å². The van der Waals surface area contributed by atoms with Crippen LogP contribution >= 0.6 is 34.5 Å². The average molecular weight is 388 g/mol. The quantitative estimate of drug-likeness (QED) is 0.825. The van der Waals surface area contributed by atoms with E-state index in [4.69, 9.17) is 27.9 Å². The Bertz CT molecular complexity index is 649. The number of thiazole rings is 1. The van der Waals surface area contributed by atoms with Gasteiger partial charge in [-0.15, -0.1) is 11.3 Å². The maximum absolute atomic E-state index is 10.2. The van der Waals surface area contributed by atoms with Gasteiger partial charge >= 0.3 is 0 Å². The van der Waals surface area contributed by atoms with Crippen LogP contribution in [-0.4, -0.2) is 60.4 Å². The van der Waals surface area contributed by atoms with Crippen LogP contribution in [0.15, 0.2) is 29.8 Å². The number of β-amino-alcohol motifs (C(OH)–C–C–N with tert-alkyl or cyclic N) is 1. The molecule has 1 aliphatic heterocycles. The van der Waals surface area contributed by atoms with Crippen molar-refractivity contribution < 1.29 is 9.84 Å². The summed E-state index contributed by atoms with van der Waals surface area (Å²) in [7, 11) is 0. The van der Waals surface area contributed by atoms with E-state index in [1.807, 2.05) is 11.6 Å². The molecule has 24 heavy (non-hydrogen) atoms. The molecule has 0 aliphatic carbocycles. The Kier molecular flexibility index (Phi) is 6.19. The molecule has 1 unspecified atom stereocenters. The van der Waals surface area contributed by atoms with E-state index in [0.29, 0.717) is 22.3 Å². The fraction of sp³-hybridized carbons (Fsp3) is 0.438. The summed E-state index contributed by atoms with van der Waals surface area (Å²) in [5.41, 5.74) is 0. The molecule has 5 nitrogen and oxygen atoms in total. The second-order valence-electron chi connectivity index (χ2n) is 5.64. The molecule has 1 N–H and O–H groups in total. The number of halogens is 2. The molecular weight excluding hydrogens is 369 g/mol. The number of aliphatic hydroxyl groups excluding tert-OH is 1. The molecule has 1 saturated heterocycles. The smallest absolute Gasteiger partial charge is 0.185 e. The van der Waals surface area contributed by atoms with E-state index in [1.54, 1.807) is 29.5 Å². The number of ether oxygens (including phenoxy) is 1. The first-order valence-electron chi connectivity index (χ1n) is 7.74. The van der Waals surface area contributed by atoms with E-state index in [1.165, 1.54) is 0 Å². The Hall–Kier alpha value is -1.05. The summed E-state index contributed by atoms with van der Waals surface area (Å²) in [5, 5.41) is 14.3. The van der Waals surface area contributed by atoms with Gasteiger partial charge in [0.05, 0.1) is 5.02 Å². The molecule has 1 aliphatic rings. The highest BCUT2D eigenvalue weighted by molar-refractivity contribution is 7.13. The average Bonchev–Trinajstić information content (AvgIpc) is 3.11. The zero-order valence-electron chi connectivity index (χ0n) is 13.1. The zero-order valence-corrected chi connectivity index (χ0v) is 15.4. The lowest BCUT2D eigenvalue weighted by Gasteiger charge is -2.35. The van der Waals surface area contributed by atoms with E-state index < -0.39 is 6.10 Å². The largest absolute Gasteiger partial charge is 0.489 e. The number of hydrogen-bond donors (Lipinski definition) is 1. The predicted octanol–water partition coefficient (Wildman–Crippen LogP) is 3.01. The highest BCUT2D eigenvalue weighted by Crippen LogP contribution is 2.27. The molecule has 1 aromatic heterocycles. The van der Waals surface area contributed by atoms with Crippen LogP contribution in [0.4, 0.5) is 5.13 Å². The lowest BCUT2D eigenvalue weighted by molar-refractivity contribution is 0.0663. The van der Waals surface area contributed by atoms with Gasteiger partial charge in [0.15, 0.2) is 5.13 Å². The Morgan fingerprint density at radius 3 is 2.75 bits per heavy atom. The normalized spacial score (nSPS) is 17.0. The van der Waals surface area contributed by atoms with Crippen LogP contribution in [-0.2, 0) is 0 Å². The van der Waals surface area contributed by atoms with Crippen molar-refractivity contribution in [1.29, 1.82) is 0 Å². The topological polar surface area (TPSA) is 48.8 Å². The number of nitrogens with zero attached hydrogens (tertiary/aromatic N) is 3. The molecule has 1 aromatic carbocycles. The number of aliphatic hydroxyl groups is 1. The minimum absolute atomic E-state index is 0.187. The Morgan fingerprint density at radius 1 is 1.25 bits per heavy atom. The van der Waals surface area contributed by atoms with Gasteiger partial charge in [0.25, 0.3) is 0 Å². The highest BCUT2D eigenvalue weighted by Gasteiger charge is 2.21. The molecule has 130 valence electrons. The fourth-order valence-electron chi connectivity index (χ4n) is 2.62. The van der Waals surface area contributed by atoms with E-state index in [9.17, 15) is 5.11 Å². The van der Waals surface area contributed by atoms with E-state index in [0.717, 1.165) is 31.3 Å². The van der Waals surface area contributed by atoms with Gasteiger partial charge in [-0.25, -0.2) is 4.98 Å². The summed E-state index contributed by atoms with van der Waals surface area (Å²) in [4.78, 5) is 8.84. The molecule has 0 spiro atoms. The van der Waals surface area contributed by atoms with Crippen LogP contribution in [0.2, 0.25) is 10.0 Å². The number of rotatable bonds is 6. The first-order chi connectivity index (χ1) is 11.6. The molecule has 2 heterocycles. The standard InChI is InChI=1S/C16H19Cl2N3O2S/c17-12-1-2-14(18)15(9-12)23-11-13(22)10-20-4-6-21(7-5-20)16-19-3-8-24-16/h1-3,8-9,13,22H,4-7,10-11H2. The summed E-state index contributed by atoms with van der Waals surface area (Å²) in [5.74, 6) is 0.497. The molecular formula is C16H19Cl2N3O2S. The molecule has 0 saturated carbocycles. The van der Waals surface area contributed by atoms with Gasteiger partial charge in [-0.05, 0) is 12.1 Å². The third-order valence-electron chi connectivity index (χ3n) is 3.86. The van der Waals surface area contributed by atoms with Crippen LogP contribution in [0.25, 0.3) is 0 Å². The summed E-state index contributed by atoms with van der Waals surface area (Å²) in [6, 6.07) is 5.04. The van der Waals surface area contributed by atoms with Gasteiger partial charge in [0, 0.05) is 55.4 Å². The van der Waals surface area contributed by atoms with Gasteiger partial charge in [-0.1, -0.05) is 23.2 Å². The maximum Gasteiger partial charge on any atom is 0.185 e. The van der Waals surface area contributed by atoms with Gasteiger partial charge in [-0.2, -0.15) is 0 Å². The van der Waals surface area contributed by atoms with Gasteiger partial charge in [0.1, 0.15) is 18.5 Å². The van der Waals surface area contributed by atoms with Gasteiger partial charge in [-0.3, -0.25) is 4.90 Å². The van der Waals surface area contributed by atoms with E-state index >= 15 is 0 Å². The van der Waals surface area contributed by atoms with Crippen LogP contribution in [0, 0.1) is 0 Å². The zero-order chi connectivity index (χ0) is 16.9. The third kappa shape index (κ3) is 4.74. The van der Waals surface area contributed by atoms with Crippen molar-refractivity contribution in [2.45, 2.75) is 6.10 Å². The summed E-state index contributed by atoms with van der Waals surface area (Å²) < 4.78 is 5.59. The van der Waals surface area contributed by atoms with E-state index in [-0.39, 0.29) is 6.61 Å².